The zero-order valence-corrected chi connectivity index (χ0v) is 14.4. The standard InChI is InChI=1S/C18H23N5O2/c1-25-14-6-4-5-13(11-14)18(24)22-9-10-23-16(12-22)20-21-17(23)15-7-2-3-8-19-15/h4-6,11,15,19H,2-3,7-10,12H2,1H3/t15-/m1/s1. The van der Waals surface area contributed by atoms with Crippen LogP contribution < -0.4 is 10.1 Å². The lowest BCUT2D eigenvalue weighted by molar-refractivity contribution is 0.0705. The Morgan fingerprint density at radius 2 is 2.20 bits per heavy atom. The van der Waals surface area contributed by atoms with Crippen molar-refractivity contribution in [3.05, 3.63) is 41.5 Å². The normalized spacial score (nSPS) is 20.2. The fourth-order valence-corrected chi connectivity index (χ4v) is 3.62. The lowest BCUT2D eigenvalue weighted by Crippen LogP contribution is -2.39. The van der Waals surface area contributed by atoms with Gasteiger partial charge in [0.15, 0.2) is 5.82 Å². The van der Waals surface area contributed by atoms with Crippen molar-refractivity contribution in [1.82, 2.24) is 25.0 Å². The first-order chi connectivity index (χ1) is 12.3. The van der Waals surface area contributed by atoms with Crippen LogP contribution in [-0.2, 0) is 13.1 Å². The molecule has 1 aromatic heterocycles. The van der Waals surface area contributed by atoms with E-state index in [0.29, 0.717) is 24.4 Å². The Labute approximate surface area is 147 Å². The molecule has 0 aliphatic carbocycles. The maximum atomic E-state index is 12.8. The number of aromatic nitrogens is 3. The highest BCUT2D eigenvalue weighted by Gasteiger charge is 2.28. The molecular weight excluding hydrogens is 318 g/mol. The number of fused-ring (bicyclic) bond motifs is 1. The predicted octanol–water partition coefficient (Wildman–Crippen LogP) is 1.76. The van der Waals surface area contributed by atoms with E-state index < -0.39 is 0 Å². The van der Waals surface area contributed by atoms with E-state index in [1.807, 2.05) is 23.1 Å². The molecule has 2 aliphatic heterocycles. The van der Waals surface area contributed by atoms with E-state index in [9.17, 15) is 4.79 Å². The fraction of sp³-hybridized carbons (Fsp3) is 0.500. The summed E-state index contributed by atoms with van der Waals surface area (Å²) in [6.45, 7) is 2.94. The Balaban J connectivity index is 1.51. The monoisotopic (exact) mass is 341 g/mol. The van der Waals surface area contributed by atoms with Gasteiger partial charge in [-0.3, -0.25) is 4.79 Å². The van der Waals surface area contributed by atoms with Gasteiger partial charge < -0.3 is 19.5 Å². The molecule has 2 aliphatic rings. The molecule has 25 heavy (non-hydrogen) atoms. The predicted molar refractivity (Wildman–Crippen MR) is 92.4 cm³/mol. The van der Waals surface area contributed by atoms with Crippen molar-refractivity contribution in [2.45, 2.75) is 38.4 Å². The van der Waals surface area contributed by atoms with E-state index in [2.05, 4.69) is 20.1 Å². The van der Waals surface area contributed by atoms with Gasteiger partial charge in [-0.1, -0.05) is 12.5 Å². The van der Waals surface area contributed by atoms with Crippen LogP contribution in [0.4, 0.5) is 0 Å². The van der Waals surface area contributed by atoms with Crippen molar-refractivity contribution in [3.8, 4) is 5.75 Å². The van der Waals surface area contributed by atoms with Gasteiger partial charge >= 0.3 is 0 Å². The number of hydrogen-bond acceptors (Lipinski definition) is 5. The highest BCUT2D eigenvalue weighted by atomic mass is 16.5. The number of methoxy groups -OCH3 is 1. The smallest absolute Gasteiger partial charge is 0.254 e. The van der Waals surface area contributed by atoms with E-state index in [0.717, 1.165) is 31.2 Å². The summed E-state index contributed by atoms with van der Waals surface area (Å²) < 4.78 is 7.39. The fourth-order valence-electron chi connectivity index (χ4n) is 3.62. The maximum Gasteiger partial charge on any atom is 0.254 e. The molecule has 3 heterocycles. The van der Waals surface area contributed by atoms with Crippen molar-refractivity contribution in [2.24, 2.45) is 0 Å². The SMILES string of the molecule is COc1cccc(C(=O)N2CCn3c(nnc3[C@H]3CCCCN3)C2)c1. The number of piperidine rings is 1. The third-order valence-electron chi connectivity index (χ3n) is 5.01. The molecule has 0 unspecified atom stereocenters. The number of hydrogen-bond donors (Lipinski definition) is 1. The Morgan fingerprint density at radius 1 is 1.28 bits per heavy atom. The number of amides is 1. The third-order valence-corrected chi connectivity index (χ3v) is 5.01. The molecule has 1 fully saturated rings. The first kappa shape index (κ1) is 16.1. The van der Waals surface area contributed by atoms with E-state index >= 15 is 0 Å². The second kappa shape index (κ2) is 6.84. The number of nitrogens with zero attached hydrogens (tertiary/aromatic N) is 4. The topological polar surface area (TPSA) is 72.3 Å². The molecule has 0 radical (unpaired) electrons. The molecule has 1 N–H and O–H groups in total. The Bertz CT molecular complexity index is 767. The zero-order valence-electron chi connectivity index (χ0n) is 14.4. The first-order valence-corrected chi connectivity index (χ1v) is 8.85. The van der Waals surface area contributed by atoms with Crippen LogP contribution in [-0.4, -0.2) is 45.8 Å². The molecule has 1 aromatic carbocycles. The second-order valence-electron chi connectivity index (χ2n) is 6.59. The van der Waals surface area contributed by atoms with Crippen LogP contribution in [0.25, 0.3) is 0 Å². The summed E-state index contributed by atoms with van der Waals surface area (Å²) >= 11 is 0. The molecule has 0 spiro atoms. The summed E-state index contributed by atoms with van der Waals surface area (Å²) in [6.07, 6.45) is 3.55. The molecule has 2 aromatic rings. The van der Waals surface area contributed by atoms with Crippen LogP contribution >= 0.6 is 0 Å². The minimum Gasteiger partial charge on any atom is -0.497 e. The molecule has 1 atom stereocenters. The summed E-state index contributed by atoms with van der Waals surface area (Å²) in [7, 11) is 1.60. The summed E-state index contributed by atoms with van der Waals surface area (Å²) in [5.41, 5.74) is 0.640. The van der Waals surface area contributed by atoms with Crippen molar-refractivity contribution in [3.63, 3.8) is 0 Å². The van der Waals surface area contributed by atoms with E-state index in [1.165, 1.54) is 12.8 Å². The maximum absolute atomic E-state index is 12.8. The Morgan fingerprint density at radius 3 is 3.00 bits per heavy atom. The van der Waals surface area contributed by atoms with Gasteiger partial charge in [0.1, 0.15) is 11.6 Å². The van der Waals surface area contributed by atoms with Crippen LogP contribution in [0.2, 0.25) is 0 Å². The first-order valence-electron chi connectivity index (χ1n) is 8.85. The number of benzene rings is 1. The largest absolute Gasteiger partial charge is 0.497 e. The molecule has 1 saturated heterocycles. The van der Waals surface area contributed by atoms with Gasteiger partial charge in [-0.25, -0.2) is 0 Å². The van der Waals surface area contributed by atoms with Gasteiger partial charge in [0.25, 0.3) is 5.91 Å². The van der Waals surface area contributed by atoms with Crippen LogP contribution in [0.1, 0.15) is 47.3 Å². The molecule has 7 heteroatoms. The van der Waals surface area contributed by atoms with Crippen molar-refractivity contribution >= 4 is 5.91 Å². The average Bonchev–Trinajstić information content (AvgIpc) is 3.11. The highest BCUT2D eigenvalue weighted by molar-refractivity contribution is 5.94. The van der Waals surface area contributed by atoms with Crippen LogP contribution in [0.3, 0.4) is 0 Å². The molecule has 7 nitrogen and oxygen atoms in total. The number of rotatable bonds is 3. The minimum atomic E-state index is 0.00508. The highest BCUT2D eigenvalue weighted by Crippen LogP contribution is 2.25. The molecule has 0 bridgehead atoms. The van der Waals surface area contributed by atoms with Crippen molar-refractivity contribution in [2.75, 3.05) is 20.2 Å². The number of carbonyl (C=O) groups is 1. The zero-order chi connectivity index (χ0) is 17.2. The van der Waals surface area contributed by atoms with Gasteiger partial charge in [0, 0.05) is 18.7 Å². The number of carbonyl (C=O) groups excluding carboxylic acids is 1. The lowest BCUT2D eigenvalue weighted by atomic mass is 10.0. The van der Waals surface area contributed by atoms with E-state index in [-0.39, 0.29) is 11.9 Å². The molecular formula is C18H23N5O2. The minimum absolute atomic E-state index is 0.00508. The van der Waals surface area contributed by atoms with Gasteiger partial charge in [0.05, 0.1) is 19.7 Å². The van der Waals surface area contributed by atoms with Gasteiger partial charge in [0.2, 0.25) is 0 Å². The summed E-state index contributed by atoms with van der Waals surface area (Å²) in [5, 5.41) is 12.3. The van der Waals surface area contributed by atoms with Crippen molar-refractivity contribution in [1.29, 1.82) is 0 Å². The van der Waals surface area contributed by atoms with Gasteiger partial charge in [-0.2, -0.15) is 0 Å². The van der Waals surface area contributed by atoms with Crippen LogP contribution in [0, 0.1) is 0 Å². The van der Waals surface area contributed by atoms with Gasteiger partial charge in [-0.05, 0) is 37.6 Å². The quantitative estimate of drug-likeness (QED) is 0.921. The average molecular weight is 341 g/mol. The molecule has 132 valence electrons. The van der Waals surface area contributed by atoms with Crippen LogP contribution in [0.5, 0.6) is 5.75 Å². The molecule has 1 amide bonds. The lowest BCUT2D eigenvalue weighted by Gasteiger charge is -2.30. The Kier molecular flexibility index (Phi) is 4.40. The number of ether oxygens (including phenoxy) is 1. The third kappa shape index (κ3) is 3.11. The number of nitrogens with one attached hydrogen (secondary N) is 1. The van der Waals surface area contributed by atoms with E-state index in [4.69, 9.17) is 4.74 Å². The van der Waals surface area contributed by atoms with E-state index in [1.54, 1.807) is 13.2 Å². The summed E-state index contributed by atoms with van der Waals surface area (Å²) in [5.74, 6) is 2.58. The summed E-state index contributed by atoms with van der Waals surface area (Å²) in [4.78, 5) is 14.6. The van der Waals surface area contributed by atoms with Crippen molar-refractivity contribution < 1.29 is 9.53 Å². The Hall–Kier alpha value is -2.41. The molecule has 0 saturated carbocycles. The van der Waals surface area contributed by atoms with Crippen LogP contribution in [0.15, 0.2) is 24.3 Å². The molecule has 4 rings (SSSR count). The van der Waals surface area contributed by atoms with Gasteiger partial charge in [-0.15, -0.1) is 10.2 Å². The second-order valence-corrected chi connectivity index (χ2v) is 6.59. The summed E-state index contributed by atoms with van der Waals surface area (Å²) in [6, 6.07) is 7.56.